The first-order valence-electron chi connectivity index (χ1n) is 22.5. The first kappa shape index (κ1) is 40.1. The molecule has 0 saturated heterocycles. The lowest BCUT2D eigenvalue weighted by Crippen LogP contribution is -2.61. The summed E-state index contributed by atoms with van der Waals surface area (Å²) < 4.78 is 6.20. The normalized spacial score (nSPS) is 14.0. The van der Waals surface area contributed by atoms with Crippen LogP contribution in [0.5, 0.6) is 0 Å². The molecule has 0 bridgehead atoms. The minimum absolute atomic E-state index is 0.00989. The number of fused-ring (bicyclic) bond motifs is 7. The van der Waals surface area contributed by atoms with E-state index in [2.05, 4.69) is 220 Å². The number of hydrogen-bond acceptors (Lipinski definition) is 3. The molecular formula is C58H59BN2O. The van der Waals surface area contributed by atoms with Crippen LogP contribution in [-0.4, -0.2) is 6.71 Å². The second-order valence-electron chi connectivity index (χ2n) is 22.0. The first-order chi connectivity index (χ1) is 29.3. The maximum absolute atomic E-state index is 6.20. The van der Waals surface area contributed by atoms with Crippen molar-refractivity contribution in [3.63, 3.8) is 0 Å². The van der Waals surface area contributed by atoms with Gasteiger partial charge in [-0.3, -0.25) is 0 Å². The summed E-state index contributed by atoms with van der Waals surface area (Å²) in [6.45, 7) is 28.0. The average molecular weight is 811 g/mol. The highest BCUT2D eigenvalue weighted by Crippen LogP contribution is 2.47. The van der Waals surface area contributed by atoms with Crippen LogP contribution in [0.3, 0.4) is 0 Å². The summed E-state index contributed by atoms with van der Waals surface area (Å²) in [6, 6.07) is 53.1. The Bertz CT molecular complexity index is 3050. The molecule has 0 radical (unpaired) electrons. The summed E-state index contributed by atoms with van der Waals surface area (Å²) in [6.07, 6.45) is 0. The van der Waals surface area contributed by atoms with Gasteiger partial charge in [-0.05, 0) is 138 Å². The van der Waals surface area contributed by atoms with Crippen LogP contribution >= 0.6 is 0 Å². The molecule has 3 heterocycles. The average Bonchev–Trinajstić information content (AvgIpc) is 3.60. The zero-order valence-corrected chi connectivity index (χ0v) is 38.7. The van der Waals surface area contributed by atoms with Crippen LogP contribution in [0.1, 0.15) is 105 Å². The molecule has 7 aromatic carbocycles. The van der Waals surface area contributed by atoms with Crippen LogP contribution in [0.25, 0.3) is 33.1 Å². The molecule has 1 aromatic heterocycles. The molecule has 8 aromatic rings. The fourth-order valence-electron chi connectivity index (χ4n) is 9.74. The van der Waals surface area contributed by atoms with Crippen LogP contribution in [0.2, 0.25) is 0 Å². The van der Waals surface area contributed by atoms with Crippen LogP contribution < -0.4 is 26.2 Å². The van der Waals surface area contributed by atoms with E-state index < -0.39 is 0 Å². The van der Waals surface area contributed by atoms with E-state index in [1.165, 1.54) is 78.2 Å². The van der Waals surface area contributed by atoms with Gasteiger partial charge in [0, 0.05) is 44.9 Å². The van der Waals surface area contributed by atoms with Crippen molar-refractivity contribution in [1.29, 1.82) is 0 Å². The fraction of sp³-hybridized carbons (Fsp3) is 0.276. The second-order valence-corrected chi connectivity index (χ2v) is 22.0. The molecule has 0 N–H and O–H groups in total. The minimum Gasteiger partial charge on any atom is -0.456 e. The molecule has 0 unspecified atom stereocenters. The van der Waals surface area contributed by atoms with E-state index in [1.54, 1.807) is 0 Å². The van der Waals surface area contributed by atoms with Crippen LogP contribution in [-0.2, 0) is 21.7 Å². The van der Waals surface area contributed by atoms with E-state index in [1.807, 2.05) is 12.1 Å². The van der Waals surface area contributed by atoms with E-state index in [-0.39, 0.29) is 28.4 Å². The topological polar surface area (TPSA) is 19.6 Å². The van der Waals surface area contributed by atoms with Crippen molar-refractivity contribution >= 4 is 79.2 Å². The zero-order chi connectivity index (χ0) is 43.7. The zero-order valence-electron chi connectivity index (χ0n) is 38.7. The number of furan rings is 1. The van der Waals surface area contributed by atoms with Crippen LogP contribution in [0.4, 0.5) is 34.1 Å². The Labute approximate surface area is 369 Å². The van der Waals surface area contributed by atoms with Gasteiger partial charge < -0.3 is 14.2 Å². The SMILES string of the molecule is CC(C)(C)c1ccc(N2c3ccc(C(C)(C)C)cc3B3c4ccc(C(C)(C)C)cc4N(c4ccc(-c5ccc6oc7ccccc7c6c5)cc4)c4cc(C(C)(C)C)cc2c43)cc1. The van der Waals surface area contributed by atoms with Gasteiger partial charge in [0.25, 0.3) is 6.71 Å². The van der Waals surface area contributed by atoms with Crippen molar-refractivity contribution in [2.45, 2.75) is 105 Å². The number of nitrogens with zero attached hydrogens (tertiary/aromatic N) is 2. The van der Waals surface area contributed by atoms with Gasteiger partial charge in [-0.1, -0.05) is 156 Å². The van der Waals surface area contributed by atoms with Gasteiger partial charge in [-0.25, -0.2) is 0 Å². The van der Waals surface area contributed by atoms with Gasteiger partial charge in [0.2, 0.25) is 0 Å². The Morgan fingerprint density at radius 2 is 0.871 bits per heavy atom. The van der Waals surface area contributed by atoms with Gasteiger partial charge in [0.1, 0.15) is 11.2 Å². The van der Waals surface area contributed by atoms with Gasteiger partial charge >= 0.3 is 0 Å². The summed E-state index contributed by atoms with van der Waals surface area (Å²) in [4.78, 5) is 5.13. The predicted molar refractivity (Wildman–Crippen MR) is 268 cm³/mol. The Balaban J connectivity index is 1.23. The Hall–Kier alpha value is -6.00. The summed E-state index contributed by atoms with van der Waals surface area (Å²) in [5.74, 6) is 0. The summed E-state index contributed by atoms with van der Waals surface area (Å²) in [5.41, 5.74) is 20.8. The van der Waals surface area contributed by atoms with Crippen LogP contribution in [0.15, 0.2) is 144 Å². The lowest BCUT2D eigenvalue weighted by molar-refractivity contribution is 0.589. The molecule has 10 rings (SSSR count). The number of hydrogen-bond donors (Lipinski definition) is 0. The number of anilines is 6. The van der Waals surface area contributed by atoms with E-state index in [9.17, 15) is 0 Å². The molecule has 3 nitrogen and oxygen atoms in total. The van der Waals surface area contributed by atoms with Gasteiger partial charge in [0.15, 0.2) is 0 Å². The Kier molecular flexibility index (Phi) is 8.89. The molecule has 4 heteroatoms. The molecule has 0 fully saturated rings. The van der Waals surface area contributed by atoms with Crippen molar-refractivity contribution in [3.05, 3.63) is 162 Å². The predicted octanol–water partition coefficient (Wildman–Crippen LogP) is 14.5. The Morgan fingerprint density at radius 3 is 1.50 bits per heavy atom. The third-order valence-corrected chi connectivity index (χ3v) is 13.5. The van der Waals surface area contributed by atoms with Gasteiger partial charge in [-0.2, -0.15) is 0 Å². The highest BCUT2D eigenvalue weighted by atomic mass is 16.3. The quantitative estimate of drug-likeness (QED) is 0.166. The third kappa shape index (κ3) is 6.57. The summed E-state index contributed by atoms with van der Waals surface area (Å²) in [7, 11) is 0. The molecule has 310 valence electrons. The third-order valence-electron chi connectivity index (χ3n) is 13.5. The van der Waals surface area contributed by atoms with Gasteiger partial charge in [-0.15, -0.1) is 0 Å². The molecule has 0 spiro atoms. The maximum atomic E-state index is 6.20. The largest absolute Gasteiger partial charge is 0.456 e. The molecule has 2 aliphatic heterocycles. The highest BCUT2D eigenvalue weighted by molar-refractivity contribution is 7.00. The number of para-hydroxylation sites is 1. The highest BCUT2D eigenvalue weighted by Gasteiger charge is 2.45. The van der Waals surface area contributed by atoms with Crippen LogP contribution in [0, 0.1) is 0 Å². The molecule has 2 aliphatic rings. The first-order valence-corrected chi connectivity index (χ1v) is 22.5. The second kappa shape index (κ2) is 13.8. The molecule has 0 aliphatic carbocycles. The number of benzene rings is 7. The van der Waals surface area contributed by atoms with Crippen molar-refractivity contribution in [1.82, 2.24) is 0 Å². The summed E-state index contributed by atoms with van der Waals surface area (Å²) in [5, 5.41) is 2.29. The fourth-order valence-corrected chi connectivity index (χ4v) is 9.74. The monoisotopic (exact) mass is 810 g/mol. The standard InChI is InChI=1S/C58H59BN2O/c1-55(2,3)38-20-26-43(27-21-38)60-48-29-23-39(56(4,5)6)32-47(48)59-46-28-22-40(57(7,8)9)33-49(46)61(51-35-41(58(10,11)12)34-50(60)54(51)59)42-24-17-36(18-25-42)37-19-30-53-45(31-37)44-15-13-14-16-52(44)62-53/h13-35H,1-12H3. The van der Waals surface area contributed by atoms with Crippen molar-refractivity contribution in [2.24, 2.45) is 0 Å². The van der Waals surface area contributed by atoms with Crippen molar-refractivity contribution < 1.29 is 4.42 Å². The lowest BCUT2D eigenvalue weighted by Gasteiger charge is -2.45. The van der Waals surface area contributed by atoms with E-state index in [0.29, 0.717) is 0 Å². The molecular weight excluding hydrogens is 751 g/mol. The van der Waals surface area contributed by atoms with Gasteiger partial charge in [0.05, 0.1) is 0 Å². The van der Waals surface area contributed by atoms with Crippen molar-refractivity contribution in [2.75, 3.05) is 9.80 Å². The van der Waals surface area contributed by atoms with E-state index in [4.69, 9.17) is 4.42 Å². The molecule has 0 saturated carbocycles. The molecule has 0 amide bonds. The Morgan fingerprint density at radius 1 is 0.371 bits per heavy atom. The summed E-state index contributed by atoms with van der Waals surface area (Å²) >= 11 is 0. The van der Waals surface area contributed by atoms with Crippen molar-refractivity contribution in [3.8, 4) is 11.1 Å². The minimum atomic E-state index is -0.0991. The molecule has 0 atom stereocenters. The number of rotatable bonds is 3. The van der Waals surface area contributed by atoms with E-state index >= 15 is 0 Å². The van der Waals surface area contributed by atoms with E-state index in [0.717, 1.165) is 27.6 Å². The smallest absolute Gasteiger partial charge is 0.252 e. The molecule has 62 heavy (non-hydrogen) atoms. The lowest BCUT2D eigenvalue weighted by atomic mass is 9.33. The maximum Gasteiger partial charge on any atom is 0.252 e.